The highest BCUT2D eigenvalue weighted by atomic mass is 16.1. The fourth-order valence-electron chi connectivity index (χ4n) is 2.95. The van der Waals surface area contributed by atoms with Crippen LogP contribution in [-0.4, -0.2) is 17.2 Å². The molecular formula is C26H26N2O. The summed E-state index contributed by atoms with van der Waals surface area (Å²) in [6.45, 7) is 8.48. The highest BCUT2D eigenvalue weighted by Crippen LogP contribution is 2.22. The molecular weight excluding hydrogens is 356 g/mol. The van der Waals surface area contributed by atoms with Crippen molar-refractivity contribution in [3.8, 4) is 0 Å². The van der Waals surface area contributed by atoms with E-state index in [-0.39, 0.29) is 11.2 Å². The predicted molar refractivity (Wildman–Crippen MR) is 121 cm³/mol. The lowest BCUT2D eigenvalue weighted by Gasteiger charge is -2.19. The molecule has 0 spiro atoms. The van der Waals surface area contributed by atoms with E-state index >= 15 is 0 Å². The Morgan fingerprint density at radius 2 is 1.17 bits per heavy atom. The van der Waals surface area contributed by atoms with E-state index in [1.807, 2.05) is 55.5 Å². The molecule has 3 rings (SSSR count). The minimum Gasteiger partial charge on any atom is -0.287 e. The van der Waals surface area contributed by atoms with E-state index in [4.69, 9.17) is 0 Å². The molecule has 0 fully saturated rings. The van der Waals surface area contributed by atoms with Crippen molar-refractivity contribution >= 4 is 17.2 Å². The van der Waals surface area contributed by atoms with Crippen LogP contribution in [0.2, 0.25) is 0 Å². The van der Waals surface area contributed by atoms with Crippen LogP contribution in [0.3, 0.4) is 0 Å². The molecule has 0 amide bonds. The van der Waals surface area contributed by atoms with Crippen LogP contribution >= 0.6 is 0 Å². The summed E-state index contributed by atoms with van der Waals surface area (Å²) < 4.78 is 0. The van der Waals surface area contributed by atoms with Gasteiger partial charge >= 0.3 is 0 Å². The van der Waals surface area contributed by atoms with Crippen LogP contribution in [0.4, 0.5) is 0 Å². The fourth-order valence-corrected chi connectivity index (χ4v) is 2.95. The monoisotopic (exact) mass is 382 g/mol. The van der Waals surface area contributed by atoms with Gasteiger partial charge in [-0.15, -0.1) is 5.10 Å². The average molecular weight is 383 g/mol. The Balaban J connectivity index is 1.96. The van der Waals surface area contributed by atoms with E-state index in [2.05, 4.69) is 55.2 Å². The normalized spacial score (nSPS) is 12.7. The number of rotatable bonds is 5. The summed E-state index contributed by atoms with van der Waals surface area (Å²) in [6, 6.07) is 27.0. The number of Topliss-reactive ketones (excluding diaryl/α,β-unsaturated/α-hetero) is 1. The lowest BCUT2D eigenvalue weighted by molar-refractivity contribution is 0.106. The molecule has 0 atom stereocenters. The van der Waals surface area contributed by atoms with Crippen LogP contribution in [0.25, 0.3) is 0 Å². The fraction of sp³-hybridized carbons (Fsp3) is 0.192. The summed E-state index contributed by atoms with van der Waals surface area (Å²) in [5.74, 6) is -0.142. The summed E-state index contributed by atoms with van der Waals surface area (Å²) in [7, 11) is 0. The minimum absolute atomic E-state index is 0.102. The van der Waals surface area contributed by atoms with E-state index in [1.165, 1.54) is 5.56 Å². The second kappa shape index (κ2) is 8.78. The van der Waals surface area contributed by atoms with Crippen LogP contribution < -0.4 is 0 Å². The Morgan fingerprint density at radius 1 is 0.655 bits per heavy atom. The number of carbonyl (C=O) groups is 1. The van der Waals surface area contributed by atoms with Gasteiger partial charge in [-0.2, -0.15) is 5.10 Å². The molecule has 29 heavy (non-hydrogen) atoms. The Morgan fingerprint density at radius 3 is 1.69 bits per heavy atom. The van der Waals surface area contributed by atoms with Gasteiger partial charge in [0.1, 0.15) is 5.71 Å². The third-order valence-corrected chi connectivity index (χ3v) is 4.77. The van der Waals surface area contributed by atoms with Gasteiger partial charge < -0.3 is 0 Å². The molecule has 146 valence electrons. The third kappa shape index (κ3) is 5.14. The van der Waals surface area contributed by atoms with Crippen molar-refractivity contribution < 1.29 is 4.79 Å². The number of ketones is 1. The van der Waals surface area contributed by atoms with Gasteiger partial charge in [0.15, 0.2) is 0 Å². The third-order valence-electron chi connectivity index (χ3n) is 4.77. The molecule has 0 unspecified atom stereocenters. The van der Waals surface area contributed by atoms with Crippen LogP contribution in [0.5, 0.6) is 0 Å². The average Bonchev–Trinajstić information content (AvgIpc) is 2.74. The lowest BCUT2D eigenvalue weighted by Crippen LogP contribution is -2.16. The summed E-state index contributed by atoms with van der Waals surface area (Å²) in [5, 5.41) is 8.77. The molecule has 3 aromatic rings. The van der Waals surface area contributed by atoms with Crippen LogP contribution in [0.15, 0.2) is 95.1 Å². The Hall–Kier alpha value is -3.33. The van der Waals surface area contributed by atoms with Crippen molar-refractivity contribution in [3.05, 3.63) is 107 Å². The first-order valence-corrected chi connectivity index (χ1v) is 9.74. The van der Waals surface area contributed by atoms with E-state index in [9.17, 15) is 4.79 Å². The molecule has 0 aliphatic carbocycles. The molecule has 0 saturated carbocycles. The van der Waals surface area contributed by atoms with Gasteiger partial charge in [0.25, 0.3) is 0 Å². The molecule has 0 saturated heterocycles. The molecule has 0 N–H and O–H groups in total. The van der Waals surface area contributed by atoms with Crippen molar-refractivity contribution in [2.45, 2.75) is 33.1 Å². The quantitative estimate of drug-likeness (QED) is 0.299. The summed E-state index contributed by atoms with van der Waals surface area (Å²) in [6.07, 6.45) is 0. The van der Waals surface area contributed by atoms with Gasteiger partial charge in [-0.3, -0.25) is 4.79 Å². The van der Waals surface area contributed by atoms with Crippen molar-refractivity contribution in [3.63, 3.8) is 0 Å². The van der Waals surface area contributed by atoms with Gasteiger partial charge in [0.2, 0.25) is 5.78 Å². The first-order valence-electron chi connectivity index (χ1n) is 9.74. The topological polar surface area (TPSA) is 41.8 Å². The first-order chi connectivity index (χ1) is 13.9. The number of nitrogens with zero attached hydrogens (tertiary/aromatic N) is 2. The maximum atomic E-state index is 13.0. The van der Waals surface area contributed by atoms with E-state index in [0.29, 0.717) is 11.3 Å². The number of benzene rings is 3. The van der Waals surface area contributed by atoms with Gasteiger partial charge in [0, 0.05) is 11.1 Å². The van der Waals surface area contributed by atoms with Gasteiger partial charge in [-0.25, -0.2) is 0 Å². The molecule has 0 heterocycles. The summed E-state index contributed by atoms with van der Waals surface area (Å²) in [4.78, 5) is 13.0. The Bertz CT molecular complexity index is 1030. The number of carbonyl (C=O) groups excluding carboxylic acids is 1. The molecule has 0 aliphatic rings. The van der Waals surface area contributed by atoms with E-state index in [0.717, 1.165) is 16.8 Å². The Labute approximate surface area is 172 Å². The zero-order chi connectivity index (χ0) is 20.9. The molecule has 3 nitrogen and oxygen atoms in total. The molecule has 0 radical (unpaired) electrons. The zero-order valence-corrected chi connectivity index (χ0v) is 17.4. The number of hydrogen-bond acceptors (Lipinski definition) is 3. The van der Waals surface area contributed by atoms with Gasteiger partial charge in [0.05, 0.1) is 5.71 Å². The highest BCUT2D eigenvalue weighted by molar-refractivity contribution is 6.51. The van der Waals surface area contributed by atoms with Crippen molar-refractivity contribution in [2.75, 3.05) is 0 Å². The van der Waals surface area contributed by atoms with Crippen LogP contribution in [0, 0.1) is 0 Å². The second-order valence-corrected chi connectivity index (χ2v) is 8.02. The minimum atomic E-state index is -0.142. The van der Waals surface area contributed by atoms with Gasteiger partial charge in [-0.05, 0) is 23.5 Å². The summed E-state index contributed by atoms with van der Waals surface area (Å²) in [5.41, 5.74) is 4.80. The van der Waals surface area contributed by atoms with Crippen molar-refractivity contribution in [2.24, 2.45) is 10.2 Å². The van der Waals surface area contributed by atoms with Crippen LogP contribution in [-0.2, 0) is 5.41 Å². The maximum absolute atomic E-state index is 13.0. The molecule has 3 heteroatoms. The molecule has 0 aliphatic heterocycles. The molecule has 0 aromatic heterocycles. The maximum Gasteiger partial charge on any atom is 0.213 e. The van der Waals surface area contributed by atoms with E-state index in [1.54, 1.807) is 12.1 Å². The SMILES string of the molecule is CC(=NN=C(C(=O)c1ccccc1)c1ccccc1)c1ccc(C(C)(C)C)cc1. The highest BCUT2D eigenvalue weighted by Gasteiger charge is 2.16. The first kappa shape index (κ1) is 20.4. The number of hydrogen-bond donors (Lipinski definition) is 0. The van der Waals surface area contributed by atoms with E-state index < -0.39 is 0 Å². The molecule has 3 aromatic carbocycles. The van der Waals surface area contributed by atoms with Crippen molar-refractivity contribution in [1.29, 1.82) is 0 Å². The van der Waals surface area contributed by atoms with Gasteiger partial charge in [-0.1, -0.05) is 106 Å². The standard InChI is InChI=1S/C26H26N2O/c1-19(20-15-17-23(18-16-20)26(2,3)4)27-28-24(21-11-7-5-8-12-21)25(29)22-13-9-6-10-14-22/h5-18H,1-4H3. The predicted octanol–water partition coefficient (Wildman–Crippen LogP) is 6.08. The smallest absolute Gasteiger partial charge is 0.213 e. The lowest BCUT2D eigenvalue weighted by atomic mass is 9.86. The Kier molecular flexibility index (Phi) is 6.18. The van der Waals surface area contributed by atoms with Crippen molar-refractivity contribution in [1.82, 2.24) is 0 Å². The second-order valence-electron chi connectivity index (χ2n) is 8.02. The summed E-state index contributed by atoms with van der Waals surface area (Å²) >= 11 is 0. The molecule has 0 bridgehead atoms. The zero-order valence-electron chi connectivity index (χ0n) is 17.4. The largest absolute Gasteiger partial charge is 0.287 e. The van der Waals surface area contributed by atoms with Crippen LogP contribution in [0.1, 0.15) is 54.7 Å².